The molecule has 0 radical (unpaired) electrons. The highest BCUT2D eigenvalue weighted by Gasteiger charge is 2.09. The third kappa shape index (κ3) is 1.15. The number of phenols is 1. The van der Waals surface area contributed by atoms with Crippen molar-refractivity contribution in [2.45, 2.75) is 6.61 Å². The highest BCUT2D eigenvalue weighted by atomic mass is 32.1. The van der Waals surface area contributed by atoms with Crippen molar-refractivity contribution in [3.05, 3.63) is 23.1 Å². The van der Waals surface area contributed by atoms with E-state index in [9.17, 15) is 5.11 Å². The molecule has 0 aliphatic heterocycles. The number of hydrogen-bond acceptors (Lipinski definition) is 4. The minimum absolute atomic E-state index is 0.0578. The highest BCUT2D eigenvalue weighted by molar-refractivity contribution is 7.17. The summed E-state index contributed by atoms with van der Waals surface area (Å²) in [7, 11) is 0. The third-order valence-electron chi connectivity index (χ3n) is 2.00. The van der Waals surface area contributed by atoms with Gasteiger partial charge in [0.15, 0.2) is 5.75 Å². The summed E-state index contributed by atoms with van der Waals surface area (Å²) in [5.74, 6) is 0.113. The van der Waals surface area contributed by atoms with E-state index in [4.69, 9.17) is 10.8 Å². The average molecular weight is 195 g/mol. The zero-order valence-corrected chi connectivity index (χ0v) is 7.64. The first-order chi connectivity index (χ1) is 6.24. The molecule has 0 amide bonds. The Labute approximate surface area is 79.0 Å². The van der Waals surface area contributed by atoms with Crippen molar-refractivity contribution in [2.24, 2.45) is 0 Å². The van der Waals surface area contributed by atoms with Crippen molar-refractivity contribution < 1.29 is 10.2 Å². The summed E-state index contributed by atoms with van der Waals surface area (Å²) < 4.78 is 0.740. The zero-order valence-electron chi connectivity index (χ0n) is 6.82. The number of hydrogen-bond donors (Lipinski definition) is 3. The van der Waals surface area contributed by atoms with Crippen molar-refractivity contribution in [3.8, 4) is 5.75 Å². The van der Waals surface area contributed by atoms with E-state index in [0.717, 1.165) is 15.6 Å². The molecule has 0 aliphatic carbocycles. The van der Waals surface area contributed by atoms with Crippen LogP contribution in [-0.4, -0.2) is 10.2 Å². The minimum atomic E-state index is -0.0578. The summed E-state index contributed by atoms with van der Waals surface area (Å²) in [6.07, 6.45) is 0. The van der Waals surface area contributed by atoms with Crippen LogP contribution in [0, 0.1) is 0 Å². The smallest absolute Gasteiger partial charge is 0.156 e. The van der Waals surface area contributed by atoms with Crippen LogP contribution in [0.4, 0.5) is 5.69 Å². The lowest BCUT2D eigenvalue weighted by atomic mass is 10.1. The Morgan fingerprint density at radius 1 is 1.46 bits per heavy atom. The maximum Gasteiger partial charge on any atom is 0.156 e. The van der Waals surface area contributed by atoms with Gasteiger partial charge in [0.1, 0.15) is 0 Å². The Morgan fingerprint density at radius 3 is 2.92 bits per heavy atom. The maximum absolute atomic E-state index is 9.57. The van der Waals surface area contributed by atoms with Crippen molar-refractivity contribution in [1.29, 1.82) is 0 Å². The number of benzene rings is 1. The second-order valence-corrected chi connectivity index (χ2v) is 3.71. The Kier molecular flexibility index (Phi) is 1.86. The number of aliphatic hydroxyl groups excluding tert-OH is 1. The van der Waals surface area contributed by atoms with Gasteiger partial charge in [-0.3, -0.25) is 0 Å². The summed E-state index contributed by atoms with van der Waals surface area (Å²) in [4.78, 5) is 0. The Bertz CT molecular complexity index is 450. The number of rotatable bonds is 1. The lowest BCUT2D eigenvalue weighted by molar-refractivity contribution is 0.283. The molecule has 68 valence electrons. The molecule has 0 saturated carbocycles. The molecule has 4 heteroatoms. The van der Waals surface area contributed by atoms with E-state index < -0.39 is 0 Å². The van der Waals surface area contributed by atoms with E-state index >= 15 is 0 Å². The molecular formula is C9H9NO2S. The van der Waals surface area contributed by atoms with Crippen LogP contribution in [0.2, 0.25) is 0 Å². The number of nitrogen functional groups attached to an aromatic ring is 1. The lowest BCUT2D eigenvalue weighted by Crippen LogP contribution is -1.90. The first kappa shape index (κ1) is 8.34. The minimum Gasteiger partial charge on any atom is -0.504 e. The quantitative estimate of drug-likeness (QED) is 0.479. The van der Waals surface area contributed by atoms with Gasteiger partial charge < -0.3 is 15.9 Å². The molecule has 1 heterocycles. The molecule has 1 aromatic carbocycles. The normalized spacial score (nSPS) is 10.8. The van der Waals surface area contributed by atoms with E-state index in [1.165, 1.54) is 11.3 Å². The maximum atomic E-state index is 9.57. The number of fused-ring (bicyclic) bond motifs is 1. The fourth-order valence-electron chi connectivity index (χ4n) is 1.34. The van der Waals surface area contributed by atoms with Crippen molar-refractivity contribution >= 4 is 27.1 Å². The van der Waals surface area contributed by atoms with Gasteiger partial charge in [0.25, 0.3) is 0 Å². The summed E-state index contributed by atoms with van der Waals surface area (Å²) in [6.45, 7) is -0.0578. The number of aromatic hydroxyl groups is 1. The summed E-state index contributed by atoms with van der Waals surface area (Å²) >= 11 is 1.42. The zero-order chi connectivity index (χ0) is 9.42. The number of nitrogens with two attached hydrogens (primary N) is 1. The molecular weight excluding hydrogens is 186 g/mol. The fraction of sp³-hybridized carbons (Fsp3) is 0.111. The van der Waals surface area contributed by atoms with Crippen LogP contribution in [0.1, 0.15) is 5.56 Å². The number of phenolic OH excluding ortho intramolecular Hbond substituents is 1. The third-order valence-corrected chi connectivity index (χ3v) is 2.92. The van der Waals surface area contributed by atoms with Crippen LogP contribution >= 0.6 is 11.3 Å². The van der Waals surface area contributed by atoms with Crippen molar-refractivity contribution in [2.75, 3.05) is 5.73 Å². The van der Waals surface area contributed by atoms with Crippen LogP contribution in [0.25, 0.3) is 10.1 Å². The summed E-state index contributed by atoms with van der Waals surface area (Å²) in [5, 5.41) is 21.3. The second kappa shape index (κ2) is 2.90. The van der Waals surface area contributed by atoms with Crippen LogP contribution in [0.15, 0.2) is 17.5 Å². The van der Waals surface area contributed by atoms with Gasteiger partial charge in [-0.1, -0.05) is 0 Å². The summed E-state index contributed by atoms with van der Waals surface area (Å²) in [5.41, 5.74) is 6.64. The topological polar surface area (TPSA) is 66.5 Å². The molecule has 2 aromatic rings. The van der Waals surface area contributed by atoms with Crippen molar-refractivity contribution in [3.63, 3.8) is 0 Å². The molecule has 0 saturated heterocycles. The molecule has 0 aliphatic rings. The number of thiophene rings is 1. The largest absolute Gasteiger partial charge is 0.504 e. The average Bonchev–Trinajstić information content (AvgIpc) is 2.60. The monoisotopic (exact) mass is 195 g/mol. The van der Waals surface area contributed by atoms with Gasteiger partial charge >= 0.3 is 0 Å². The van der Waals surface area contributed by atoms with Crippen LogP contribution in [0.5, 0.6) is 5.75 Å². The molecule has 0 fully saturated rings. The Morgan fingerprint density at radius 2 is 2.23 bits per heavy atom. The van der Waals surface area contributed by atoms with E-state index in [1.807, 2.05) is 11.4 Å². The molecule has 2 rings (SSSR count). The van der Waals surface area contributed by atoms with E-state index in [0.29, 0.717) is 5.69 Å². The summed E-state index contributed by atoms with van der Waals surface area (Å²) in [6, 6.07) is 3.47. The second-order valence-electron chi connectivity index (χ2n) is 2.80. The molecule has 0 bridgehead atoms. The predicted molar refractivity (Wildman–Crippen MR) is 53.8 cm³/mol. The fourth-order valence-corrected chi connectivity index (χ4v) is 2.24. The van der Waals surface area contributed by atoms with Gasteiger partial charge in [-0.2, -0.15) is 0 Å². The first-order valence-electron chi connectivity index (χ1n) is 3.82. The molecule has 3 nitrogen and oxygen atoms in total. The number of aliphatic hydroxyl groups is 1. The predicted octanol–water partition coefficient (Wildman–Crippen LogP) is 1.68. The van der Waals surface area contributed by atoms with Crippen LogP contribution in [0.3, 0.4) is 0 Å². The van der Waals surface area contributed by atoms with Gasteiger partial charge in [-0.05, 0) is 23.1 Å². The van der Waals surface area contributed by atoms with Gasteiger partial charge in [-0.15, -0.1) is 11.3 Å². The first-order valence-corrected chi connectivity index (χ1v) is 4.70. The molecule has 0 unspecified atom stereocenters. The van der Waals surface area contributed by atoms with Crippen molar-refractivity contribution in [1.82, 2.24) is 0 Å². The number of anilines is 1. The lowest BCUT2D eigenvalue weighted by Gasteiger charge is -2.04. The van der Waals surface area contributed by atoms with E-state index in [2.05, 4.69) is 0 Å². The van der Waals surface area contributed by atoms with Gasteiger partial charge in [-0.25, -0.2) is 0 Å². The standard InChI is InChI=1S/C9H9NO2S/c10-7-3-5(4-11)6-1-2-13-9(6)8(7)12/h1-3,11-12H,4,10H2. The highest BCUT2D eigenvalue weighted by Crippen LogP contribution is 2.37. The van der Waals surface area contributed by atoms with Gasteiger partial charge in [0, 0.05) is 5.39 Å². The SMILES string of the molecule is Nc1cc(CO)c2ccsc2c1O. The molecule has 0 atom stereocenters. The van der Waals surface area contributed by atoms with Gasteiger partial charge in [0.2, 0.25) is 0 Å². The van der Waals surface area contributed by atoms with E-state index in [-0.39, 0.29) is 12.4 Å². The Hall–Kier alpha value is -1.26. The molecule has 1 aromatic heterocycles. The Balaban J connectivity index is 2.87. The molecule has 0 spiro atoms. The van der Waals surface area contributed by atoms with E-state index in [1.54, 1.807) is 6.07 Å². The van der Waals surface area contributed by atoms with Crippen LogP contribution in [-0.2, 0) is 6.61 Å². The molecule has 13 heavy (non-hydrogen) atoms. The molecule has 4 N–H and O–H groups in total. The van der Waals surface area contributed by atoms with Gasteiger partial charge in [0.05, 0.1) is 17.0 Å². The van der Waals surface area contributed by atoms with Crippen LogP contribution < -0.4 is 5.73 Å².